The molecule has 3 amide bonds. The minimum Gasteiger partial charge on any atom is -0.497 e. The number of methoxy groups -OCH3 is 1. The highest BCUT2D eigenvalue weighted by molar-refractivity contribution is 8.14. The molecule has 0 aromatic heterocycles. The van der Waals surface area contributed by atoms with Gasteiger partial charge in [-0.3, -0.25) is 14.4 Å². The minimum atomic E-state index is -0.805. The quantitative estimate of drug-likeness (QED) is 0.646. The second-order valence-electron chi connectivity index (χ2n) is 6.66. The third kappa shape index (κ3) is 4.19. The van der Waals surface area contributed by atoms with Crippen molar-refractivity contribution in [1.82, 2.24) is 9.80 Å². The van der Waals surface area contributed by atoms with Crippen LogP contribution in [0.2, 0.25) is 0 Å². The molecule has 1 fully saturated rings. The Balaban J connectivity index is 1.45. The van der Waals surface area contributed by atoms with E-state index < -0.39 is 6.23 Å². The van der Waals surface area contributed by atoms with Gasteiger partial charge in [-0.2, -0.15) is 0 Å². The van der Waals surface area contributed by atoms with E-state index in [9.17, 15) is 14.4 Å². The average Bonchev–Trinajstić information content (AvgIpc) is 3.11. The molecular formula is C21H20N2O5S2. The topological polar surface area (TPSA) is 76.2 Å². The smallest absolute Gasteiger partial charge is 0.291 e. The highest BCUT2D eigenvalue weighted by Crippen LogP contribution is 2.34. The van der Waals surface area contributed by atoms with Crippen LogP contribution >= 0.6 is 23.5 Å². The van der Waals surface area contributed by atoms with Crippen LogP contribution in [0.1, 0.15) is 22.1 Å². The minimum absolute atomic E-state index is 0.0913. The Hall–Kier alpha value is -2.49. The van der Waals surface area contributed by atoms with Crippen LogP contribution < -0.4 is 4.74 Å². The van der Waals surface area contributed by atoms with Crippen LogP contribution in [0.5, 0.6) is 5.75 Å². The van der Waals surface area contributed by atoms with Crippen molar-refractivity contribution in [1.29, 1.82) is 0 Å². The molecule has 30 heavy (non-hydrogen) atoms. The van der Waals surface area contributed by atoms with E-state index in [4.69, 9.17) is 9.47 Å². The maximum Gasteiger partial charge on any atom is 0.291 e. The monoisotopic (exact) mass is 444 g/mol. The van der Waals surface area contributed by atoms with Gasteiger partial charge in [0.1, 0.15) is 5.75 Å². The molecule has 156 valence electrons. The molecule has 2 aromatic carbocycles. The van der Waals surface area contributed by atoms with Gasteiger partial charge in [0.2, 0.25) is 5.91 Å². The lowest BCUT2D eigenvalue weighted by Crippen LogP contribution is -2.39. The first-order chi connectivity index (χ1) is 14.6. The van der Waals surface area contributed by atoms with E-state index in [1.807, 2.05) is 42.5 Å². The zero-order valence-electron chi connectivity index (χ0n) is 16.3. The van der Waals surface area contributed by atoms with E-state index >= 15 is 0 Å². The van der Waals surface area contributed by atoms with Crippen molar-refractivity contribution >= 4 is 40.6 Å². The zero-order chi connectivity index (χ0) is 21.1. The Morgan fingerprint density at radius 3 is 2.57 bits per heavy atom. The van der Waals surface area contributed by atoms with Gasteiger partial charge in [-0.05, 0) is 18.2 Å². The number of hydrogen-bond donors (Lipinski definition) is 0. The molecule has 0 N–H and O–H groups in total. The number of rotatable bonds is 7. The summed E-state index contributed by atoms with van der Waals surface area (Å²) in [6.45, 7) is 0.530. The molecule has 2 heterocycles. The second-order valence-corrected chi connectivity index (χ2v) is 8.57. The summed E-state index contributed by atoms with van der Waals surface area (Å²) in [5.74, 6) is 0.893. The third-order valence-corrected chi connectivity index (χ3v) is 6.76. The summed E-state index contributed by atoms with van der Waals surface area (Å²) >= 11 is 2.54. The highest BCUT2D eigenvalue weighted by Gasteiger charge is 2.37. The molecule has 1 saturated heterocycles. The van der Waals surface area contributed by atoms with E-state index in [1.165, 1.54) is 0 Å². The molecule has 2 aliphatic rings. The molecule has 0 aliphatic carbocycles. The summed E-state index contributed by atoms with van der Waals surface area (Å²) in [7, 11) is 1.57. The van der Waals surface area contributed by atoms with Gasteiger partial charge in [-0.15, -0.1) is 11.8 Å². The van der Waals surface area contributed by atoms with Crippen molar-refractivity contribution in [3.05, 3.63) is 59.7 Å². The first-order valence-corrected chi connectivity index (χ1v) is 11.3. The van der Waals surface area contributed by atoms with E-state index in [0.29, 0.717) is 23.7 Å². The fourth-order valence-corrected chi connectivity index (χ4v) is 5.00. The largest absolute Gasteiger partial charge is 0.497 e. The van der Waals surface area contributed by atoms with E-state index in [2.05, 4.69) is 0 Å². The van der Waals surface area contributed by atoms with E-state index in [-0.39, 0.29) is 29.4 Å². The van der Waals surface area contributed by atoms with Crippen LogP contribution in [-0.2, 0) is 9.53 Å². The number of nitrogens with zero attached hydrogens (tertiary/aromatic N) is 2. The number of thioether (sulfide) groups is 2. The molecule has 0 bridgehead atoms. The first kappa shape index (κ1) is 20.8. The Morgan fingerprint density at radius 1 is 1.07 bits per heavy atom. The predicted molar refractivity (Wildman–Crippen MR) is 115 cm³/mol. The van der Waals surface area contributed by atoms with Crippen molar-refractivity contribution < 1.29 is 23.9 Å². The van der Waals surface area contributed by atoms with Crippen LogP contribution in [0.15, 0.2) is 53.4 Å². The third-order valence-electron chi connectivity index (χ3n) is 4.82. The molecule has 1 unspecified atom stereocenters. The maximum absolute atomic E-state index is 12.9. The van der Waals surface area contributed by atoms with Gasteiger partial charge in [0.25, 0.3) is 11.1 Å². The summed E-state index contributed by atoms with van der Waals surface area (Å²) in [6.07, 6.45) is -0.805. The van der Waals surface area contributed by atoms with Gasteiger partial charge < -0.3 is 14.4 Å². The number of carbonyl (C=O) groups excluding carboxylic acids is 3. The maximum atomic E-state index is 12.9. The average molecular weight is 445 g/mol. The Labute approximate surface area is 182 Å². The van der Waals surface area contributed by atoms with Gasteiger partial charge in [-0.1, -0.05) is 42.1 Å². The highest BCUT2D eigenvalue weighted by atomic mass is 32.2. The van der Waals surface area contributed by atoms with Gasteiger partial charge in [-0.25, -0.2) is 4.90 Å². The fourth-order valence-electron chi connectivity index (χ4n) is 3.27. The van der Waals surface area contributed by atoms with Crippen LogP contribution in [0.3, 0.4) is 0 Å². The molecule has 0 radical (unpaired) electrons. The van der Waals surface area contributed by atoms with Crippen molar-refractivity contribution in [3.63, 3.8) is 0 Å². The molecule has 7 nitrogen and oxygen atoms in total. The number of fused-ring (bicyclic) bond motifs is 1. The molecular weight excluding hydrogens is 424 g/mol. The normalized spacial score (nSPS) is 17.3. The number of imide groups is 1. The molecule has 4 rings (SSSR count). The van der Waals surface area contributed by atoms with Crippen molar-refractivity contribution in [2.24, 2.45) is 0 Å². The molecule has 1 atom stereocenters. The zero-order valence-corrected chi connectivity index (χ0v) is 17.9. The van der Waals surface area contributed by atoms with Crippen molar-refractivity contribution in [3.8, 4) is 5.75 Å². The Morgan fingerprint density at radius 2 is 1.87 bits per heavy atom. The summed E-state index contributed by atoms with van der Waals surface area (Å²) < 4.78 is 11.2. The van der Waals surface area contributed by atoms with Crippen LogP contribution in [0.25, 0.3) is 0 Å². The molecule has 0 spiro atoms. The second kappa shape index (κ2) is 9.11. The predicted octanol–water partition coefficient (Wildman–Crippen LogP) is 3.61. The number of benzene rings is 2. The van der Waals surface area contributed by atoms with E-state index in [1.54, 1.807) is 29.8 Å². The van der Waals surface area contributed by atoms with Crippen LogP contribution in [0.4, 0.5) is 4.79 Å². The standard InChI is InChI=1S/C21H20N2O5S2/c1-27-15-7-8-17-16(11-15)19(25)22(13-30-17)9-10-28-20(14-5-3-2-4-6-14)23-18(24)12-29-21(23)26/h2-8,11,20H,9-10,12-13H2,1H3. The lowest BCUT2D eigenvalue weighted by molar-refractivity contribution is -0.136. The van der Waals surface area contributed by atoms with Gasteiger partial charge in [0.05, 0.1) is 30.9 Å². The summed E-state index contributed by atoms with van der Waals surface area (Å²) in [4.78, 5) is 41.1. The van der Waals surface area contributed by atoms with Gasteiger partial charge in [0.15, 0.2) is 6.23 Å². The summed E-state index contributed by atoms with van der Waals surface area (Å²) in [6, 6.07) is 14.6. The summed E-state index contributed by atoms with van der Waals surface area (Å²) in [5, 5.41) is -0.320. The SMILES string of the molecule is COc1ccc2c(c1)C(=O)N(CCOC(c1ccccc1)N1C(=O)CSC1=O)CS2. The molecule has 2 aromatic rings. The van der Waals surface area contributed by atoms with Gasteiger partial charge >= 0.3 is 0 Å². The Bertz CT molecular complexity index is 953. The van der Waals surface area contributed by atoms with Crippen LogP contribution in [-0.4, -0.2) is 58.7 Å². The van der Waals surface area contributed by atoms with Crippen molar-refractivity contribution in [2.75, 3.05) is 31.9 Å². The van der Waals surface area contributed by atoms with Crippen molar-refractivity contribution in [2.45, 2.75) is 11.1 Å². The molecule has 0 saturated carbocycles. The van der Waals surface area contributed by atoms with Gasteiger partial charge in [0, 0.05) is 17.0 Å². The number of carbonyl (C=O) groups is 3. The lowest BCUT2D eigenvalue weighted by Gasteiger charge is -2.30. The first-order valence-electron chi connectivity index (χ1n) is 9.34. The summed E-state index contributed by atoms with van der Waals surface area (Å²) in [5.41, 5.74) is 1.32. The number of amides is 3. The van der Waals surface area contributed by atoms with E-state index in [0.717, 1.165) is 27.1 Å². The molecule has 9 heteroatoms. The van der Waals surface area contributed by atoms with Crippen LogP contribution in [0, 0.1) is 0 Å². The lowest BCUT2D eigenvalue weighted by atomic mass is 10.2. The fraction of sp³-hybridized carbons (Fsp3) is 0.286. The number of hydrogen-bond acceptors (Lipinski definition) is 7. The molecule has 2 aliphatic heterocycles. The Kier molecular flexibility index (Phi) is 6.31. The number of ether oxygens (including phenoxy) is 2.